The fourth-order valence-electron chi connectivity index (χ4n) is 1.71. The maximum absolute atomic E-state index is 13.7. The standard InChI is InChI=1S/C17H16BrFN2O3/c1-3-23-17(22)11(2)20-21-13-5-7-14(8-6-13)24-16-9-4-12(18)10-15(16)19/h4-10,21H,3H2,1-2H3. The molecule has 0 aliphatic rings. The molecule has 0 heterocycles. The molecule has 1 N–H and O–H groups in total. The molecule has 0 saturated carbocycles. The molecule has 5 nitrogen and oxygen atoms in total. The number of esters is 1. The van der Waals surface area contributed by atoms with E-state index in [4.69, 9.17) is 9.47 Å². The van der Waals surface area contributed by atoms with E-state index in [-0.39, 0.29) is 11.5 Å². The average molecular weight is 395 g/mol. The van der Waals surface area contributed by atoms with Crippen LogP contribution < -0.4 is 10.2 Å². The second kappa shape index (κ2) is 8.44. The van der Waals surface area contributed by atoms with Crippen molar-refractivity contribution < 1.29 is 18.7 Å². The van der Waals surface area contributed by atoms with Gasteiger partial charge in [0.25, 0.3) is 0 Å². The highest BCUT2D eigenvalue weighted by molar-refractivity contribution is 9.10. The lowest BCUT2D eigenvalue weighted by Crippen LogP contribution is -2.15. The average Bonchev–Trinajstić information content (AvgIpc) is 2.56. The van der Waals surface area contributed by atoms with Crippen molar-refractivity contribution in [1.82, 2.24) is 0 Å². The Bertz CT molecular complexity index is 748. The maximum Gasteiger partial charge on any atom is 0.354 e. The summed E-state index contributed by atoms with van der Waals surface area (Å²) in [7, 11) is 0. The molecule has 0 saturated heterocycles. The smallest absolute Gasteiger partial charge is 0.354 e. The summed E-state index contributed by atoms with van der Waals surface area (Å²) in [5.41, 5.74) is 3.62. The van der Waals surface area contributed by atoms with Crippen molar-refractivity contribution in [3.8, 4) is 11.5 Å². The highest BCUT2D eigenvalue weighted by Crippen LogP contribution is 2.27. The fraction of sp³-hybridized carbons (Fsp3) is 0.176. The van der Waals surface area contributed by atoms with E-state index >= 15 is 0 Å². The second-order valence-corrected chi connectivity index (χ2v) is 5.65. The predicted molar refractivity (Wildman–Crippen MR) is 94.0 cm³/mol. The number of benzene rings is 2. The molecule has 0 spiro atoms. The van der Waals surface area contributed by atoms with Crippen molar-refractivity contribution >= 4 is 33.3 Å². The number of anilines is 1. The fourth-order valence-corrected chi connectivity index (χ4v) is 2.05. The quantitative estimate of drug-likeness (QED) is 0.437. The van der Waals surface area contributed by atoms with E-state index in [0.717, 1.165) is 0 Å². The maximum atomic E-state index is 13.7. The molecule has 0 aliphatic heterocycles. The van der Waals surface area contributed by atoms with E-state index in [1.807, 2.05) is 0 Å². The third-order valence-corrected chi connectivity index (χ3v) is 3.39. The summed E-state index contributed by atoms with van der Waals surface area (Å²) in [6.45, 7) is 3.58. The van der Waals surface area contributed by atoms with Gasteiger partial charge >= 0.3 is 5.97 Å². The molecule has 0 bridgehead atoms. The van der Waals surface area contributed by atoms with Gasteiger partial charge in [-0.3, -0.25) is 5.43 Å². The van der Waals surface area contributed by atoms with E-state index in [9.17, 15) is 9.18 Å². The number of hydrogen-bond donors (Lipinski definition) is 1. The van der Waals surface area contributed by atoms with Gasteiger partial charge in [-0.1, -0.05) is 15.9 Å². The molecule has 24 heavy (non-hydrogen) atoms. The molecule has 2 aromatic rings. The van der Waals surface area contributed by atoms with Crippen LogP contribution in [0.5, 0.6) is 11.5 Å². The monoisotopic (exact) mass is 394 g/mol. The Morgan fingerprint density at radius 2 is 1.96 bits per heavy atom. The summed E-state index contributed by atoms with van der Waals surface area (Å²) in [6, 6.07) is 11.3. The van der Waals surface area contributed by atoms with Gasteiger partial charge in [0.1, 0.15) is 11.5 Å². The minimum Gasteiger partial charge on any atom is -0.461 e. The summed E-state index contributed by atoms with van der Waals surface area (Å²) in [5.74, 6) is -0.320. The van der Waals surface area contributed by atoms with Crippen molar-refractivity contribution in [2.45, 2.75) is 13.8 Å². The molecule has 2 aromatic carbocycles. The largest absolute Gasteiger partial charge is 0.461 e. The second-order valence-electron chi connectivity index (χ2n) is 4.73. The lowest BCUT2D eigenvalue weighted by atomic mass is 10.3. The van der Waals surface area contributed by atoms with Gasteiger partial charge in [0.2, 0.25) is 0 Å². The van der Waals surface area contributed by atoms with Crippen molar-refractivity contribution in [2.24, 2.45) is 5.10 Å². The zero-order valence-electron chi connectivity index (χ0n) is 13.2. The minimum atomic E-state index is -0.476. The molecule has 126 valence electrons. The third-order valence-electron chi connectivity index (χ3n) is 2.90. The number of carbonyl (C=O) groups excluding carboxylic acids is 1. The molecule has 0 radical (unpaired) electrons. The summed E-state index contributed by atoms with van der Waals surface area (Å²) >= 11 is 3.19. The molecule has 0 fully saturated rings. The molecule has 0 aromatic heterocycles. The molecule has 0 unspecified atom stereocenters. The van der Waals surface area contributed by atoms with Crippen molar-refractivity contribution in [3.05, 3.63) is 52.8 Å². The van der Waals surface area contributed by atoms with Crippen LogP contribution in [0.2, 0.25) is 0 Å². The number of hydrazone groups is 1. The highest BCUT2D eigenvalue weighted by atomic mass is 79.9. The van der Waals surface area contributed by atoms with Crippen LogP contribution in [0, 0.1) is 5.82 Å². The van der Waals surface area contributed by atoms with Crippen LogP contribution in [0.4, 0.5) is 10.1 Å². The summed E-state index contributed by atoms with van der Waals surface area (Å²) < 4.78 is 24.7. The normalized spacial score (nSPS) is 11.1. The molecule has 2 rings (SSSR count). The van der Waals surface area contributed by atoms with Crippen LogP contribution in [0.1, 0.15) is 13.8 Å². The Balaban J connectivity index is 2.00. The number of nitrogens with one attached hydrogen (secondary N) is 1. The van der Waals surface area contributed by atoms with Gasteiger partial charge in [0.15, 0.2) is 11.6 Å². The summed E-state index contributed by atoms with van der Waals surface area (Å²) in [4.78, 5) is 11.4. The number of ether oxygens (including phenoxy) is 2. The van der Waals surface area contributed by atoms with Gasteiger partial charge in [0.05, 0.1) is 12.3 Å². The van der Waals surface area contributed by atoms with E-state index < -0.39 is 11.8 Å². The predicted octanol–water partition coefficient (Wildman–Crippen LogP) is 4.73. The van der Waals surface area contributed by atoms with Crippen LogP contribution >= 0.6 is 15.9 Å². The van der Waals surface area contributed by atoms with Gasteiger partial charge in [-0.25, -0.2) is 9.18 Å². The SMILES string of the molecule is CCOC(=O)C(C)=NNc1ccc(Oc2ccc(Br)cc2F)cc1. The van der Waals surface area contributed by atoms with Gasteiger partial charge in [-0.2, -0.15) is 5.10 Å². The van der Waals surface area contributed by atoms with Gasteiger partial charge in [0, 0.05) is 4.47 Å². The number of halogens is 2. The Hall–Kier alpha value is -2.41. The van der Waals surface area contributed by atoms with E-state index in [0.29, 0.717) is 22.5 Å². The van der Waals surface area contributed by atoms with E-state index in [1.54, 1.807) is 50.2 Å². The first-order valence-corrected chi connectivity index (χ1v) is 7.99. The molecule has 7 heteroatoms. The molecular weight excluding hydrogens is 379 g/mol. The first-order valence-electron chi connectivity index (χ1n) is 7.20. The van der Waals surface area contributed by atoms with Crippen LogP contribution in [0.15, 0.2) is 52.0 Å². The van der Waals surface area contributed by atoms with E-state index in [2.05, 4.69) is 26.5 Å². The highest BCUT2D eigenvalue weighted by Gasteiger charge is 2.07. The lowest BCUT2D eigenvalue weighted by Gasteiger charge is -2.08. The number of rotatable bonds is 6. The Morgan fingerprint density at radius 3 is 2.58 bits per heavy atom. The first-order chi connectivity index (χ1) is 11.5. The first kappa shape index (κ1) is 17.9. The van der Waals surface area contributed by atoms with Crippen LogP contribution in [-0.4, -0.2) is 18.3 Å². The molecule has 0 amide bonds. The van der Waals surface area contributed by atoms with Crippen LogP contribution in [-0.2, 0) is 9.53 Å². The number of carbonyl (C=O) groups is 1. The van der Waals surface area contributed by atoms with Crippen LogP contribution in [0.25, 0.3) is 0 Å². The van der Waals surface area contributed by atoms with Crippen molar-refractivity contribution in [1.29, 1.82) is 0 Å². The summed E-state index contributed by atoms with van der Waals surface area (Å²) in [5, 5.41) is 3.94. The molecular formula is C17H16BrFN2O3. The minimum absolute atomic E-state index is 0.134. The molecule has 0 atom stereocenters. The van der Waals surface area contributed by atoms with Crippen molar-refractivity contribution in [3.63, 3.8) is 0 Å². The number of nitrogens with zero attached hydrogens (tertiary/aromatic N) is 1. The van der Waals surface area contributed by atoms with Gasteiger partial charge < -0.3 is 9.47 Å². The number of hydrogen-bond acceptors (Lipinski definition) is 5. The zero-order valence-corrected chi connectivity index (χ0v) is 14.8. The molecule has 0 aliphatic carbocycles. The topological polar surface area (TPSA) is 59.9 Å². The summed E-state index contributed by atoms with van der Waals surface area (Å²) in [6.07, 6.45) is 0. The van der Waals surface area contributed by atoms with E-state index in [1.165, 1.54) is 6.07 Å². The van der Waals surface area contributed by atoms with Crippen molar-refractivity contribution in [2.75, 3.05) is 12.0 Å². The Labute approximate surface area is 147 Å². The van der Waals surface area contributed by atoms with Gasteiger partial charge in [-0.05, 0) is 56.3 Å². The van der Waals surface area contributed by atoms with Gasteiger partial charge in [-0.15, -0.1) is 0 Å². The third kappa shape index (κ3) is 5.06. The Morgan fingerprint density at radius 1 is 1.25 bits per heavy atom. The van der Waals surface area contributed by atoms with Crippen LogP contribution in [0.3, 0.4) is 0 Å². The Kier molecular flexibility index (Phi) is 6.31. The lowest BCUT2D eigenvalue weighted by molar-refractivity contribution is -0.135. The zero-order chi connectivity index (χ0) is 17.5.